The average molecular weight is 289 g/mol. The van der Waals surface area contributed by atoms with E-state index in [0.29, 0.717) is 4.90 Å². The van der Waals surface area contributed by atoms with Gasteiger partial charge in [0.1, 0.15) is 5.25 Å². The van der Waals surface area contributed by atoms with Gasteiger partial charge in [0.2, 0.25) is 0 Å². The Labute approximate surface area is 120 Å². The molecule has 0 spiro atoms. The molecule has 0 aromatic heterocycles. The molecule has 20 heavy (non-hydrogen) atoms. The summed E-state index contributed by atoms with van der Waals surface area (Å²) in [4.78, 5) is 0.319. The number of hydrogen-bond acceptors (Lipinski definition) is 3. The Morgan fingerprint density at radius 2 is 1.65 bits per heavy atom. The molecular weight excluding hydrogens is 270 g/mol. The number of hydrogen-bond donors (Lipinski definition) is 1. The summed E-state index contributed by atoms with van der Waals surface area (Å²) in [5.74, 6) is 0. The van der Waals surface area contributed by atoms with E-state index in [1.54, 1.807) is 24.3 Å². The molecule has 4 heteroatoms. The summed E-state index contributed by atoms with van der Waals surface area (Å²) in [5, 5.41) is -0.704. The summed E-state index contributed by atoms with van der Waals surface area (Å²) in [5.41, 5.74) is 8.53. The highest BCUT2D eigenvalue weighted by molar-refractivity contribution is 7.91. The number of benzene rings is 2. The zero-order valence-corrected chi connectivity index (χ0v) is 12.5. The molecule has 0 amide bonds. The Hall–Kier alpha value is -1.65. The van der Waals surface area contributed by atoms with E-state index in [1.807, 2.05) is 38.1 Å². The van der Waals surface area contributed by atoms with Crippen LogP contribution in [-0.2, 0) is 9.84 Å². The molecule has 0 bridgehead atoms. The van der Waals surface area contributed by atoms with Gasteiger partial charge >= 0.3 is 0 Å². The van der Waals surface area contributed by atoms with Crippen LogP contribution in [0.25, 0.3) is 0 Å². The van der Waals surface area contributed by atoms with Gasteiger partial charge in [-0.05, 0) is 31.5 Å². The van der Waals surface area contributed by atoms with Crippen LogP contribution < -0.4 is 5.73 Å². The van der Waals surface area contributed by atoms with E-state index >= 15 is 0 Å². The largest absolute Gasteiger partial charge is 0.329 e. The molecule has 0 aliphatic carbocycles. The Kier molecular flexibility index (Phi) is 4.26. The Morgan fingerprint density at radius 1 is 1.00 bits per heavy atom. The van der Waals surface area contributed by atoms with E-state index in [9.17, 15) is 8.42 Å². The summed E-state index contributed by atoms with van der Waals surface area (Å²) in [6.07, 6.45) is 0. The Balaban J connectivity index is 2.47. The molecule has 0 aliphatic rings. The highest BCUT2D eigenvalue weighted by atomic mass is 32.2. The topological polar surface area (TPSA) is 60.2 Å². The van der Waals surface area contributed by atoms with Crippen LogP contribution in [0.3, 0.4) is 0 Å². The predicted octanol–water partition coefficient (Wildman–Crippen LogP) is 2.78. The maximum absolute atomic E-state index is 12.7. The van der Waals surface area contributed by atoms with Gasteiger partial charge in [-0.1, -0.05) is 47.5 Å². The molecular formula is C16H19NO2S. The molecule has 2 aromatic rings. The van der Waals surface area contributed by atoms with E-state index in [4.69, 9.17) is 5.73 Å². The van der Waals surface area contributed by atoms with Crippen LogP contribution in [0.1, 0.15) is 21.9 Å². The van der Waals surface area contributed by atoms with Crippen molar-refractivity contribution >= 4 is 9.84 Å². The minimum Gasteiger partial charge on any atom is -0.329 e. The first-order valence-corrected chi connectivity index (χ1v) is 8.07. The SMILES string of the molecule is Cc1ccc(S(=O)(=O)[C@H](CN)c2cccc(C)c2)cc1. The molecule has 0 radical (unpaired) electrons. The number of aryl methyl sites for hydroxylation is 2. The monoisotopic (exact) mass is 289 g/mol. The lowest BCUT2D eigenvalue weighted by atomic mass is 10.1. The van der Waals surface area contributed by atoms with Crippen molar-refractivity contribution in [1.82, 2.24) is 0 Å². The summed E-state index contributed by atoms with van der Waals surface area (Å²) in [6.45, 7) is 3.94. The van der Waals surface area contributed by atoms with Crippen molar-refractivity contribution in [2.75, 3.05) is 6.54 Å². The van der Waals surface area contributed by atoms with E-state index < -0.39 is 15.1 Å². The van der Waals surface area contributed by atoms with Crippen LogP contribution in [0.2, 0.25) is 0 Å². The molecule has 2 aromatic carbocycles. The molecule has 0 saturated carbocycles. The van der Waals surface area contributed by atoms with E-state index in [1.165, 1.54) is 0 Å². The Bertz CT molecular complexity index is 691. The predicted molar refractivity (Wildman–Crippen MR) is 81.3 cm³/mol. The van der Waals surface area contributed by atoms with Gasteiger partial charge in [-0.25, -0.2) is 8.42 Å². The van der Waals surface area contributed by atoms with Gasteiger partial charge in [-0.3, -0.25) is 0 Å². The van der Waals surface area contributed by atoms with Crippen molar-refractivity contribution in [1.29, 1.82) is 0 Å². The summed E-state index contributed by atoms with van der Waals surface area (Å²) in [6, 6.07) is 14.4. The second-order valence-electron chi connectivity index (χ2n) is 5.00. The minimum atomic E-state index is -3.46. The highest BCUT2D eigenvalue weighted by Crippen LogP contribution is 2.28. The lowest BCUT2D eigenvalue weighted by molar-refractivity contribution is 0.582. The average Bonchev–Trinajstić information content (AvgIpc) is 2.40. The summed E-state index contributed by atoms with van der Waals surface area (Å²) < 4.78 is 25.4. The quantitative estimate of drug-likeness (QED) is 0.941. The number of nitrogens with two attached hydrogens (primary N) is 1. The van der Waals surface area contributed by atoms with Crippen LogP contribution >= 0.6 is 0 Å². The van der Waals surface area contributed by atoms with Crippen LogP contribution in [0.5, 0.6) is 0 Å². The third-order valence-electron chi connectivity index (χ3n) is 3.35. The van der Waals surface area contributed by atoms with Crippen LogP contribution in [0.4, 0.5) is 0 Å². The van der Waals surface area contributed by atoms with Crippen LogP contribution in [-0.4, -0.2) is 15.0 Å². The first-order valence-electron chi connectivity index (χ1n) is 6.52. The summed E-state index contributed by atoms with van der Waals surface area (Å²) >= 11 is 0. The normalized spacial score (nSPS) is 13.2. The first-order chi connectivity index (χ1) is 9.45. The van der Waals surface area contributed by atoms with Crippen LogP contribution in [0.15, 0.2) is 53.4 Å². The first kappa shape index (κ1) is 14.8. The third-order valence-corrected chi connectivity index (χ3v) is 5.50. The second-order valence-corrected chi connectivity index (χ2v) is 7.13. The molecule has 0 saturated heterocycles. The molecule has 0 heterocycles. The van der Waals surface area contributed by atoms with Crippen molar-refractivity contribution in [2.45, 2.75) is 24.0 Å². The molecule has 0 unspecified atom stereocenters. The van der Waals surface area contributed by atoms with Gasteiger partial charge in [-0.2, -0.15) is 0 Å². The maximum atomic E-state index is 12.7. The fraction of sp³-hybridized carbons (Fsp3) is 0.250. The van der Waals surface area contributed by atoms with Gasteiger partial charge in [0, 0.05) is 6.54 Å². The minimum absolute atomic E-state index is 0.0691. The van der Waals surface area contributed by atoms with Crippen LogP contribution in [0, 0.1) is 13.8 Å². The number of sulfone groups is 1. The van der Waals surface area contributed by atoms with Crippen molar-refractivity contribution in [3.63, 3.8) is 0 Å². The highest BCUT2D eigenvalue weighted by Gasteiger charge is 2.27. The lowest BCUT2D eigenvalue weighted by Crippen LogP contribution is -2.22. The Morgan fingerprint density at radius 3 is 2.20 bits per heavy atom. The molecule has 106 valence electrons. The molecule has 0 fully saturated rings. The number of rotatable bonds is 4. The van der Waals surface area contributed by atoms with Gasteiger partial charge in [0.05, 0.1) is 4.90 Å². The smallest absolute Gasteiger partial charge is 0.186 e. The van der Waals surface area contributed by atoms with E-state index in [2.05, 4.69) is 0 Å². The molecule has 3 nitrogen and oxygen atoms in total. The molecule has 0 aliphatic heterocycles. The zero-order valence-electron chi connectivity index (χ0n) is 11.7. The molecule has 2 N–H and O–H groups in total. The van der Waals surface area contributed by atoms with Crippen molar-refractivity contribution in [3.05, 3.63) is 65.2 Å². The standard InChI is InChI=1S/C16H19NO2S/c1-12-6-8-15(9-7-12)20(18,19)16(11-17)14-5-3-4-13(2)10-14/h3-10,16H,11,17H2,1-2H3/t16-/m1/s1. The van der Waals surface area contributed by atoms with Crippen molar-refractivity contribution < 1.29 is 8.42 Å². The fourth-order valence-corrected chi connectivity index (χ4v) is 3.81. The second kappa shape index (κ2) is 5.77. The van der Waals surface area contributed by atoms with Gasteiger partial charge in [0.15, 0.2) is 9.84 Å². The summed E-state index contributed by atoms with van der Waals surface area (Å²) in [7, 11) is -3.46. The van der Waals surface area contributed by atoms with Crippen molar-refractivity contribution in [3.8, 4) is 0 Å². The lowest BCUT2D eigenvalue weighted by Gasteiger charge is -2.17. The van der Waals surface area contributed by atoms with Gasteiger partial charge < -0.3 is 5.73 Å². The van der Waals surface area contributed by atoms with Crippen molar-refractivity contribution in [2.24, 2.45) is 5.73 Å². The zero-order chi connectivity index (χ0) is 14.8. The molecule has 1 atom stereocenters. The van der Waals surface area contributed by atoms with Gasteiger partial charge in [-0.15, -0.1) is 0 Å². The fourth-order valence-electron chi connectivity index (χ4n) is 2.20. The maximum Gasteiger partial charge on any atom is 0.186 e. The molecule has 2 rings (SSSR count). The third kappa shape index (κ3) is 2.92. The van der Waals surface area contributed by atoms with E-state index in [-0.39, 0.29) is 6.54 Å². The van der Waals surface area contributed by atoms with E-state index in [0.717, 1.165) is 16.7 Å². The van der Waals surface area contributed by atoms with Gasteiger partial charge in [0.25, 0.3) is 0 Å².